The fourth-order valence-electron chi connectivity index (χ4n) is 2.66. The number of carbonyl (C=O) groups excluding carboxylic acids is 1. The van der Waals surface area contributed by atoms with Crippen LogP contribution in [0, 0.1) is 0 Å². The van der Waals surface area contributed by atoms with Crippen molar-refractivity contribution in [2.45, 2.75) is 13.3 Å². The zero-order chi connectivity index (χ0) is 18.7. The van der Waals surface area contributed by atoms with E-state index in [-0.39, 0.29) is 5.91 Å². The van der Waals surface area contributed by atoms with Crippen molar-refractivity contribution in [1.82, 2.24) is 0 Å². The molecule has 134 valence electrons. The summed E-state index contributed by atoms with van der Waals surface area (Å²) in [6.45, 7) is 2.11. The number of ether oxygens (including phenoxy) is 1. The van der Waals surface area contributed by atoms with E-state index in [1.54, 1.807) is 30.2 Å². The number of anilines is 1. The SMILES string of the molecule is CCc1ccc(/C=C2/N=C(SC)N(c3ccc(OC)c(Cl)c3)C2=O)cc1. The van der Waals surface area contributed by atoms with E-state index in [1.807, 2.05) is 24.5 Å². The summed E-state index contributed by atoms with van der Waals surface area (Å²) in [6.07, 6.45) is 4.68. The lowest BCUT2D eigenvalue weighted by atomic mass is 10.1. The summed E-state index contributed by atoms with van der Waals surface area (Å²) in [5.41, 5.74) is 3.28. The second kappa shape index (κ2) is 7.98. The number of halogens is 1. The normalized spacial score (nSPS) is 15.5. The summed E-state index contributed by atoms with van der Waals surface area (Å²) < 4.78 is 5.18. The van der Waals surface area contributed by atoms with E-state index < -0.39 is 0 Å². The maximum absolute atomic E-state index is 12.9. The molecule has 1 aliphatic rings. The number of amidine groups is 1. The molecule has 0 fully saturated rings. The molecule has 1 heterocycles. The van der Waals surface area contributed by atoms with Gasteiger partial charge >= 0.3 is 0 Å². The molecule has 1 aliphatic heterocycles. The van der Waals surface area contributed by atoms with Crippen LogP contribution in [0.5, 0.6) is 5.75 Å². The maximum atomic E-state index is 12.9. The lowest BCUT2D eigenvalue weighted by Gasteiger charge is -2.17. The van der Waals surface area contributed by atoms with Gasteiger partial charge in [-0.2, -0.15) is 0 Å². The van der Waals surface area contributed by atoms with Crippen molar-refractivity contribution in [2.24, 2.45) is 4.99 Å². The molecule has 0 N–H and O–H groups in total. The Morgan fingerprint density at radius 1 is 1.23 bits per heavy atom. The van der Waals surface area contributed by atoms with Crippen molar-refractivity contribution in [3.63, 3.8) is 0 Å². The summed E-state index contributed by atoms with van der Waals surface area (Å²) in [7, 11) is 1.56. The lowest BCUT2D eigenvalue weighted by Crippen LogP contribution is -2.30. The minimum absolute atomic E-state index is 0.171. The van der Waals surface area contributed by atoms with Crippen LogP contribution >= 0.6 is 23.4 Å². The van der Waals surface area contributed by atoms with Crippen molar-refractivity contribution in [2.75, 3.05) is 18.3 Å². The average molecular weight is 387 g/mol. The number of methoxy groups -OCH3 is 1. The predicted octanol–water partition coefficient (Wildman–Crippen LogP) is 5.02. The van der Waals surface area contributed by atoms with Crippen LogP contribution in [0.25, 0.3) is 6.08 Å². The number of carbonyl (C=O) groups is 1. The summed E-state index contributed by atoms with van der Waals surface area (Å²) in [4.78, 5) is 19.0. The zero-order valence-corrected chi connectivity index (χ0v) is 16.4. The fourth-order valence-corrected chi connectivity index (χ4v) is 3.48. The average Bonchev–Trinajstić information content (AvgIpc) is 2.98. The molecule has 0 unspecified atom stereocenters. The Kier molecular flexibility index (Phi) is 5.69. The molecule has 26 heavy (non-hydrogen) atoms. The van der Waals surface area contributed by atoms with Crippen molar-refractivity contribution in [3.05, 3.63) is 64.3 Å². The van der Waals surface area contributed by atoms with Gasteiger partial charge in [0.25, 0.3) is 5.91 Å². The lowest BCUT2D eigenvalue weighted by molar-refractivity contribution is -0.113. The topological polar surface area (TPSA) is 41.9 Å². The van der Waals surface area contributed by atoms with Gasteiger partial charge in [-0.05, 0) is 48.1 Å². The van der Waals surface area contributed by atoms with Gasteiger partial charge in [0, 0.05) is 0 Å². The molecule has 4 nitrogen and oxygen atoms in total. The number of hydrogen-bond donors (Lipinski definition) is 0. The number of benzene rings is 2. The molecule has 2 aromatic carbocycles. The van der Waals surface area contributed by atoms with Crippen LogP contribution in [0.3, 0.4) is 0 Å². The van der Waals surface area contributed by atoms with Crippen LogP contribution < -0.4 is 9.64 Å². The van der Waals surface area contributed by atoms with E-state index in [0.717, 1.165) is 12.0 Å². The van der Waals surface area contributed by atoms with Crippen LogP contribution in [0.4, 0.5) is 5.69 Å². The Hall–Kier alpha value is -2.24. The second-order valence-electron chi connectivity index (χ2n) is 5.68. The van der Waals surface area contributed by atoms with Gasteiger partial charge in [-0.1, -0.05) is 54.6 Å². The van der Waals surface area contributed by atoms with Crippen molar-refractivity contribution in [1.29, 1.82) is 0 Å². The molecular formula is C20H19ClN2O2S. The van der Waals surface area contributed by atoms with Gasteiger partial charge in [0.2, 0.25) is 0 Å². The summed E-state index contributed by atoms with van der Waals surface area (Å²) >= 11 is 7.63. The number of amides is 1. The van der Waals surface area contributed by atoms with Gasteiger partial charge in [-0.15, -0.1) is 0 Å². The zero-order valence-electron chi connectivity index (χ0n) is 14.8. The summed E-state index contributed by atoms with van der Waals surface area (Å²) in [5.74, 6) is 0.395. The molecule has 0 bridgehead atoms. The molecule has 6 heteroatoms. The standard InChI is InChI=1S/C20H19ClN2O2S/c1-4-13-5-7-14(8-6-13)11-17-19(24)23(20(22-17)26-3)15-9-10-18(25-2)16(21)12-15/h5-12H,4H2,1-3H3/b17-11+. The van der Waals surface area contributed by atoms with E-state index in [2.05, 4.69) is 24.0 Å². The first kappa shape index (κ1) is 18.5. The molecule has 2 aromatic rings. The molecule has 0 spiro atoms. The van der Waals surface area contributed by atoms with Crippen LogP contribution in [-0.4, -0.2) is 24.4 Å². The first-order valence-electron chi connectivity index (χ1n) is 8.18. The van der Waals surface area contributed by atoms with E-state index in [9.17, 15) is 4.79 Å². The molecular weight excluding hydrogens is 368 g/mol. The number of nitrogens with zero attached hydrogens (tertiary/aromatic N) is 2. The molecule has 0 saturated carbocycles. The highest BCUT2D eigenvalue weighted by Crippen LogP contribution is 2.33. The monoisotopic (exact) mass is 386 g/mol. The smallest absolute Gasteiger partial charge is 0.283 e. The third-order valence-electron chi connectivity index (χ3n) is 4.10. The number of rotatable bonds is 4. The third kappa shape index (κ3) is 3.64. The van der Waals surface area contributed by atoms with Crippen LogP contribution in [-0.2, 0) is 11.2 Å². The molecule has 0 atom stereocenters. The highest BCUT2D eigenvalue weighted by molar-refractivity contribution is 8.13. The Labute approximate surface area is 162 Å². The highest BCUT2D eigenvalue weighted by Gasteiger charge is 2.31. The van der Waals surface area contributed by atoms with Crippen molar-refractivity contribution < 1.29 is 9.53 Å². The minimum atomic E-state index is -0.171. The fraction of sp³-hybridized carbons (Fsp3) is 0.200. The van der Waals surface area contributed by atoms with E-state index in [1.165, 1.54) is 17.3 Å². The number of aliphatic imine (C=N–C) groups is 1. The van der Waals surface area contributed by atoms with E-state index >= 15 is 0 Å². The molecule has 0 aromatic heterocycles. The summed E-state index contributed by atoms with van der Waals surface area (Å²) in [6, 6.07) is 13.4. The first-order chi connectivity index (χ1) is 12.6. The van der Waals surface area contributed by atoms with Crippen LogP contribution in [0.2, 0.25) is 5.02 Å². The van der Waals surface area contributed by atoms with Gasteiger partial charge in [-0.3, -0.25) is 9.69 Å². The molecule has 0 radical (unpaired) electrons. The maximum Gasteiger partial charge on any atom is 0.283 e. The first-order valence-corrected chi connectivity index (χ1v) is 9.79. The molecule has 1 amide bonds. The van der Waals surface area contributed by atoms with Crippen molar-refractivity contribution >= 4 is 46.2 Å². The van der Waals surface area contributed by atoms with Crippen LogP contribution in [0.15, 0.2) is 53.2 Å². The quantitative estimate of drug-likeness (QED) is 0.693. The van der Waals surface area contributed by atoms with Crippen LogP contribution in [0.1, 0.15) is 18.1 Å². The van der Waals surface area contributed by atoms with E-state index in [0.29, 0.717) is 27.3 Å². The Balaban J connectivity index is 1.94. The van der Waals surface area contributed by atoms with Gasteiger partial charge in [0.05, 0.1) is 17.8 Å². The minimum Gasteiger partial charge on any atom is -0.495 e. The van der Waals surface area contributed by atoms with Gasteiger partial charge in [0.15, 0.2) is 5.17 Å². The highest BCUT2D eigenvalue weighted by atomic mass is 35.5. The Morgan fingerprint density at radius 2 is 1.96 bits per heavy atom. The number of thioether (sulfide) groups is 1. The molecule has 3 rings (SSSR count). The molecule has 0 saturated heterocycles. The summed E-state index contributed by atoms with van der Waals surface area (Å²) in [5, 5.41) is 1.07. The third-order valence-corrected chi connectivity index (χ3v) is 5.03. The van der Waals surface area contributed by atoms with Crippen molar-refractivity contribution in [3.8, 4) is 5.75 Å². The predicted molar refractivity (Wildman–Crippen MR) is 110 cm³/mol. The molecule has 0 aliphatic carbocycles. The van der Waals surface area contributed by atoms with E-state index in [4.69, 9.17) is 16.3 Å². The number of aryl methyl sites for hydroxylation is 1. The van der Waals surface area contributed by atoms with Gasteiger partial charge in [0.1, 0.15) is 11.4 Å². The van der Waals surface area contributed by atoms with Gasteiger partial charge < -0.3 is 4.74 Å². The van der Waals surface area contributed by atoms with Gasteiger partial charge in [-0.25, -0.2) is 4.99 Å². The largest absolute Gasteiger partial charge is 0.495 e. The Morgan fingerprint density at radius 3 is 2.54 bits per heavy atom. The number of hydrogen-bond acceptors (Lipinski definition) is 4. The Bertz CT molecular complexity index is 891. The second-order valence-corrected chi connectivity index (χ2v) is 6.86.